The summed E-state index contributed by atoms with van der Waals surface area (Å²) in [6.45, 7) is 5.42. The minimum atomic E-state index is -2.76. The van der Waals surface area contributed by atoms with Crippen LogP contribution in [0.2, 0.25) is 0 Å². The van der Waals surface area contributed by atoms with Gasteiger partial charge in [-0.3, -0.25) is 4.68 Å². The number of rotatable bonds is 3. The highest BCUT2D eigenvalue weighted by atomic mass is 19.3. The first-order chi connectivity index (χ1) is 7.91. The predicted octanol–water partition coefficient (Wildman–Crippen LogP) is 2.30. The van der Waals surface area contributed by atoms with E-state index in [4.69, 9.17) is 4.42 Å². The molecule has 0 unspecified atom stereocenters. The largest absolute Gasteiger partial charge is 0.417 e. The van der Waals surface area contributed by atoms with E-state index in [2.05, 4.69) is 15.3 Å². The van der Waals surface area contributed by atoms with Gasteiger partial charge in [-0.05, 0) is 26.3 Å². The lowest BCUT2D eigenvalue weighted by molar-refractivity contribution is 0.109. The van der Waals surface area contributed by atoms with Crippen LogP contribution in [0, 0.1) is 6.92 Å². The summed E-state index contributed by atoms with van der Waals surface area (Å²) in [5.74, 6) is -0.562. The van der Waals surface area contributed by atoms with Crippen molar-refractivity contribution in [3.05, 3.63) is 29.7 Å². The third-order valence-electron chi connectivity index (χ3n) is 2.44. The van der Waals surface area contributed by atoms with E-state index >= 15 is 0 Å². The van der Waals surface area contributed by atoms with E-state index in [1.807, 2.05) is 6.92 Å². The Morgan fingerprint density at radius 1 is 1.35 bits per heavy atom. The van der Waals surface area contributed by atoms with Gasteiger partial charge in [0.15, 0.2) is 0 Å². The Morgan fingerprint density at radius 3 is 2.53 bits per heavy atom. The number of hydrogen-bond donors (Lipinski definition) is 0. The van der Waals surface area contributed by atoms with Crippen LogP contribution in [-0.2, 0) is 5.54 Å². The van der Waals surface area contributed by atoms with E-state index in [0.717, 1.165) is 5.56 Å². The molecule has 0 aliphatic heterocycles. The van der Waals surface area contributed by atoms with Gasteiger partial charge in [0, 0.05) is 6.20 Å². The molecule has 7 heteroatoms. The molecule has 0 aliphatic carbocycles. The Labute approximate surface area is 96.5 Å². The molecule has 17 heavy (non-hydrogen) atoms. The zero-order valence-corrected chi connectivity index (χ0v) is 9.69. The average Bonchev–Trinajstić information content (AvgIpc) is 2.85. The molecule has 0 spiro atoms. The summed E-state index contributed by atoms with van der Waals surface area (Å²) in [6, 6.07) is 0. The molecule has 5 nitrogen and oxygen atoms in total. The second kappa shape index (κ2) is 3.90. The lowest BCUT2D eigenvalue weighted by Crippen LogP contribution is -2.28. The van der Waals surface area contributed by atoms with Crippen molar-refractivity contribution in [3.63, 3.8) is 0 Å². The minimum absolute atomic E-state index is 0.107. The first-order valence-corrected chi connectivity index (χ1v) is 5.05. The predicted molar refractivity (Wildman–Crippen MR) is 54.6 cm³/mol. The van der Waals surface area contributed by atoms with Crippen LogP contribution < -0.4 is 0 Å². The van der Waals surface area contributed by atoms with Crippen molar-refractivity contribution < 1.29 is 13.2 Å². The second-order valence-corrected chi connectivity index (χ2v) is 4.27. The van der Waals surface area contributed by atoms with E-state index in [9.17, 15) is 8.78 Å². The zero-order chi connectivity index (χ0) is 12.6. The molecule has 0 aromatic carbocycles. The van der Waals surface area contributed by atoms with E-state index < -0.39 is 17.9 Å². The molecule has 0 aliphatic rings. The van der Waals surface area contributed by atoms with Crippen LogP contribution in [-0.4, -0.2) is 20.0 Å². The van der Waals surface area contributed by atoms with Crippen LogP contribution in [0.4, 0.5) is 8.78 Å². The fourth-order valence-corrected chi connectivity index (χ4v) is 1.39. The van der Waals surface area contributed by atoms with Crippen LogP contribution >= 0.6 is 0 Å². The number of aromatic nitrogens is 4. The van der Waals surface area contributed by atoms with Crippen molar-refractivity contribution in [1.82, 2.24) is 20.0 Å². The van der Waals surface area contributed by atoms with Crippen molar-refractivity contribution >= 4 is 0 Å². The van der Waals surface area contributed by atoms with Crippen molar-refractivity contribution in [2.24, 2.45) is 0 Å². The molecule has 0 radical (unpaired) electrons. The van der Waals surface area contributed by atoms with E-state index in [-0.39, 0.29) is 5.89 Å². The number of hydrogen-bond acceptors (Lipinski definition) is 4. The molecule has 0 amide bonds. The SMILES string of the molecule is Cc1cnn(C(C)(C)c2nnc(C(F)F)o2)c1. The third kappa shape index (κ3) is 2.04. The average molecular weight is 242 g/mol. The molecule has 0 bridgehead atoms. The van der Waals surface area contributed by atoms with Crippen LogP contribution in [0.15, 0.2) is 16.8 Å². The molecule has 0 atom stereocenters. The summed E-state index contributed by atoms with van der Waals surface area (Å²) >= 11 is 0. The van der Waals surface area contributed by atoms with Gasteiger partial charge in [0.05, 0.1) is 6.20 Å². The van der Waals surface area contributed by atoms with E-state index in [0.29, 0.717) is 0 Å². The third-order valence-corrected chi connectivity index (χ3v) is 2.44. The van der Waals surface area contributed by atoms with Gasteiger partial charge in [-0.15, -0.1) is 10.2 Å². The zero-order valence-electron chi connectivity index (χ0n) is 9.69. The lowest BCUT2D eigenvalue weighted by Gasteiger charge is -2.20. The number of alkyl halides is 2. The molecule has 2 rings (SSSR count). The van der Waals surface area contributed by atoms with E-state index in [1.165, 1.54) is 0 Å². The quantitative estimate of drug-likeness (QED) is 0.828. The molecular weight excluding hydrogens is 230 g/mol. The maximum atomic E-state index is 12.4. The van der Waals surface area contributed by atoms with Gasteiger partial charge in [0.2, 0.25) is 5.89 Å². The van der Waals surface area contributed by atoms with Gasteiger partial charge in [0.1, 0.15) is 5.54 Å². The van der Waals surface area contributed by atoms with Gasteiger partial charge in [-0.2, -0.15) is 13.9 Å². The van der Waals surface area contributed by atoms with Gasteiger partial charge < -0.3 is 4.42 Å². The standard InChI is InChI=1S/C10H12F2N4O/c1-6-4-13-16(5-6)10(2,3)9-15-14-8(17-9)7(11)12/h4-5,7H,1-3H3. The highest BCUT2D eigenvalue weighted by Crippen LogP contribution is 2.26. The van der Waals surface area contributed by atoms with Gasteiger partial charge in [-0.1, -0.05) is 0 Å². The fourth-order valence-electron chi connectivity index (χ4n) is 1.39. The van der Waals surface area contributed by atoms with Gasteiger partial charge >= 0.3 is 6.43 Å². The van der Waals surface area contributed by atoms with Crippen molar-refractivity contribution in [2.45, 2.75) is 32.7 Å². The molecule has 0 saturated heterocycles. The first kappa shape index (κ1) is 11.7. The second-order valence-electron chi connectivity index (χ2n) is 4.27. The van der Waals surface area contributed by atoms with E-state index in [1.54, 1.807) is 30.9 Å². The van der Waals surface area contributed by atoms with Crippen LogP contribution in [0.1, 0.15) is 37.6 Å². The molecule has 0 fully saturated rings. The van der Waals surface area contributed by atoms with Gasteiger partial charge in [-0.25, -0.2) is 0 Å². The highest BCUT2D eigenvalue weighted by molar-refractivity contribution is 5.07. The summed E-state index contributed by atoms with van der Waals surface area (Å²) in [6.07, 6.45) is 0.699. The number of nitrogens with zero attached hydrogens (tertiary/aromatic N) is 4. The Hall–Kier alpha value is -1.79. The van der Waals surface area contributed by atoms with Crippen LogP contribution in [0.3, 0.4) is 0 Å². The summed E-state index contributed by atoms with van der Waals surface area (Å²) in [5.41, 5.74) is 0.209. The molecular formula is C10H12F2N4O. The Balaban J connectivity index is 2.37. The lowest BCUT2D eigenvalue weighted by atomic mass is 10.1. The number of halogens is 2. The Bertz CT molecular complexity index is 518. The highest BCUT2D eigenvalue weighted by Gasteiger charge is 2.31. The molecule has 0 N–H and O–H groups in total. The first-order valence-electron chi connectivity index (χ1n) is 5.05. The Morgan fingerprint density at radius 2 is 2.06 bits per heavy atom. The summed E-state index contributed by atoms with van der Waals surface area (Å²) in [7, 11) is 0. The number of aryl methyl sites for hydroxylation is 1. The van der Waals surface area contributed by atoms with Crippen molar-refractivity contribution in [1.29, 1.82) is 0 Å². The molecule has 2 aromatic rings. The minimum Gasteiger partial charge on any atom is -0.417 e. The summed E-state index contributed by atoms with van der Waals surface area (Å²) in [4.78, 5) is 0. The fraction of sp³-hybridized carbons (Fsp3) is 0.500. The molecule has 2 heterocycles. The monoisotopic (exact) mass is 242 g/mol. The summed E-state index contributed by atoms with van der Waals surface area (Å²) in [5, 5.41) is 11.1. The van der Waals surface area contributed by atoms with Crippen molar-refractivity contribution in [3.8, 4) is 0 Å². The summed E-state index contributed by atoms with van der Waals surface area (Å²) < 4.78 is 31.3. The topological polar surface area (TPSA) is 56.7 Å². The van der Waals surface area contributed by atoms with Gasteiger partial charge in [0.25, 0.3) is 5.89 Å². The molecule has 2 aromatic heterocycles. The smallest absolute Gasteiger partial charge is 0.314 e. The molecule has 0 saturated carbocycles. The van der Waals surface area contributed by atoms with Crippen LogP contribution in [0.5, 0.6) is 0 Å². The maximum Gasteiger partial charge on any atom is 0.314 e. The normalized spacial score (nSPS) is 12.4. The maximum absolute atomic E-state index is 12.4. The van der Waals surface area contributed by atoms with Crippen LogP contribution in [0.25, 0.3) is 0 Å². The van der Waals surface area contributed by atoms with Crippen molar-refractivity contribution in [2.75, 3.05) is 0 Å². The molecule has 92 valence electrons. The Kier molecular flexibility index (Phi) is 2.68.